The molecule has 3 rings (SSSR count). The second kappa shape index (κ2) is 15.2. The number of aromatic amines is 1. The second-order valence-corrected chi connectivity index (χ2v) is 10.8. The van der Waals surface area contributed by atoms with Crippen molar-refractivity contribution in [2.24, 2.45) is 5.92 Å². The number of carbonyl (C=O) groups is 1. The number of ether oxygens (including phenoxy) is 1. The largest absolute Gasteiger partial charge is 0.388 e. The van der Waals surface area contributed by atoms with E-state index in [0.29, 0.717) is 23.4 Å². The molecule has 0 radical (unpaired) electrons. The number of aliphatic hydroxyl groups excluding tert-OH is 2. The minimum Gasteiger partial charge on any atom is -0.388 e. The molecule has 1 saturated heterocycles. The standard InChI is InChI=1S/C27H46N6O4/c1-18(2)14-12-10-8-6-4-5-7-9-11-13-15-20(34)32-21-19(3)37-27(24(36)23(21)35)33-26-22-25(29-16-28-22)30-17-31-26/h16-19,21,23-24,27,35-36H,4-15H2,1-3H3,(H,32,34)(H2,28,29,30,31,33). The normalized spacial score (nSPS) is 24.0. The molecule has 10 heteroatoms. The van der Waals surface area contributed by atoms with E-state index in [1.807, 2.05) is 0 Å². The number of hydrogen-bond acceptors (Lipinski definition) is 8. The quantitative estimate of drug-likeness (QED) is 0.209. The number of unbranched alkanes of at least 4 members (excludes halogenated alkanes) is 9. The van der Waals surface area contributed by atoms with Crippen molar-refractivity contribution in [3.05, 3.63) is 12.7 Å². The first-order valence-electron chi connectivity index (χ1n) is 14.1. The van der Waals surface area contributed by atoms with Crippen molar-refractivity contribution in [3.8, 4) is 0 Å². The van der Waals surface area contributed by atoms with Gasteiger partial charge in [-0.2, -0.15) is 0 Å². The van der Waals surface area contributed by atoms with Gasteiger partial charge in [0.1, 0.15) is 24.1 Å². The van der Waals surface area contributed by atoms with E-state index in [1.165, 1.54) is 64.0 Å². The molecule has 1 aliphatic rings. The molecule has 1 fully saturated rings. The Morgan fingerprint density at radius 3 is 2.30 bits per heavy atom. The maximum Gasteiger partial charge on any atom is 0.220 e. The maximum absolute atomic E-state index is 12.5. The summed E-state index contributed by atoms with van der Waals surface area (Å²) in [6, 6.07) is -0.696. The first-order valence-corrected chi connectivity index (χ1v) is 14.1. The fraction of sp³-hybridized carbons (Fsp3) is 0.778. The van der Waals surface area contributed by atoms with E-state index in [1.54, 1.807) is 6.92 Å². The summed E-state index contributed by atoms with van der Waals surface area (Å²) in [6.45, 7) is 6.35. The molecule has 0 bridgehead atoms. The highest BCUT2D eigenvalue weighted by atomic mass is 16.5. The van der Waals surface area contributed by atoms with Crippen LogP contribution in [0.1, 0.15) is 97.8 Å². The molecule has 0 aromatic carbocycles. The Kier molecular flexibility index (Phi) is 12.0. The first kappa shape index (κ1) is 29.3. The zero-order chi connectivity index (χ0) is 26.6. The smallest absolute Gasteiger partial charge is 0.220 e. The molecule has 0 aliphatic carbocycles. The highest BCUT2D eigenvalue weighted by Crippen LogP contribution is 2.24. The lowest BCUT2D eigenvalue weighted by atomic mass is 9.95. The number of hydrogen-bond donors (Lipinski definition) is 5. The van der Waals surface area contributed by atoms with Crippen LogP contribution in [0.3, 0.4) is 0 Å². The Bertz CT molecular complexity index is 939. The highest BCUT2D eigenvalue weighted by Gasteiger charge is 2.43. The van der Waals surface area contributed by atoms with Gasteiger partial charge < -0.3 is 30.6 Å². The van der Waals surface area contributed by atoms with Crippen molar-refractivity contribution >= 4 is 22.9 Å². The summed E-state index contributed by atoms with van der Waals surface area (Å²) in [4.78, 5) is 27.8. The number of fused-ring (bicyclic) bond motifs is 1. The van der Waals surface area contributed by atoms with Gasteiger partial charge in [0, 0.05) is 6.42 Å². The second-order valence-electron chi connectivity index (χ2n) is 10.8. The van der Waals surface area contributed by atoms with Crippen LogP contribution < -0.4 is 10.6 Å². The van der Waals surface area contributed by atoms with E-state index < -0.39 is 30.6 Å². The number of H-pyrrole nitrogens is 1. The van der Waals surface area contributed by atoms with Crippen molar-refractivity contribution in [1.82, 2.24) is 25.3 Å². The predicted molar refractivity (Wildman–Crippen MR) is 144 cm³/mol. The number of nitrogens with one attached hydrogen (secondary N) is 3. The fourth-order valence-corrected chi connectivity index (χ4v) is 4.91. The van der Waals surface area contributed by atoms with E-state index in [9.17, 15) is 15.0 Å². The summed E-state index contributed by atoms with van der Waals surface area (Å²) in [7, 11) is 0. The fourth-order valence-electron chi connectivity index (χ4n) is 4.91. The third-order valence-corrected chi connectivity index (χ3v) is 7.16. The topological polar surface area (TPSA) is 145 Å². The Morgan fingerprint density at radius 1 is 0.973 bits per heavy atom. The number of aromatic nitrogens is 4. The van der Waals surface area contributed by atoms with Crippen LogP contribution in [-0.2, 0) is 9.53 Å². The Labute approximate surface area is 220 Å². The SMILES string of the molecule is CC(C)CCCCCCCCCCCCC(=O)NC1C(C)OC(Nc2ncnc3nc[nH]c23)C(O)C1O. The van der Waals surface area contributed by atoms with Crippen LogP contribution in [0.5, 0.6) is 0 Å². The number of aliphatic hydroxyl groups is 2. The molecule has 208 valence electrons. The molecule has 10 nitrogen and oxygen atoms in total. The monoisotopic (exact) mass is 518 g/mol. The third-order valence-electron chi connectivity index (χ3n) is 7.16. The van der Waals surface area contributed by atoms with Crippen molar-refractivity contribution in [3.63, 3.8) is 0 Å². The van der Waals surface area contributed by atoms with Gasteiger partial charge >= 0.3 is 0 Å². The highest BCUT2D eigenvalue weighted by molar-refractivity contribution is 5.82. The van der Waals surface area contributed by atoms with Gasteiger partial charge in [-0.3, -0.25) is 4.79 Å². The van der Waals surface area contributed by atoms with E-state index in [-0.39, 0.29) is 5.91 Å². The van der Waals surface area contributed by atoms with Crippen molar-refractivity contribution < 1.29 is 19.7 Å². The number of rotatable bonds is 16. The van der Waals surface area contributed by atoms with Crippen LogP contribution >= 0.6 is 0 Å². The van der Waals surface area contributed by atoms with Crippen LogP contribution in [0.4, 0.5) is 5.82 Å². The van der Waals surface area contributed by atoms with Gasteiger partial charge in [0.2, 0.25) is 5.91 Å². The zero-order valence-corrected chi connectivity index (χ0v) is 22.7. The molecular weight excluding hydrogens is 472 g/mol. The molecule has 5 N–H and O–H groups in total. The van der Waals surface area contributed by atoms with Gasteiger partial charge in [-0.15, -0.1) is 0 Å². The van der Waals surface area contributed by atoms with E-state index in [4.69, 9.17) is 4.74 Å². The summed E-state index contributed by atoms with van der Waals surface area (Å²) in [5.74, 6) is 1.10. The number of carbonyl (C=O) groups excluding carboxylic acids is 1. The molecular formula is C27H46N6O4. The van der Waals surface area contributed by atoms with Crippen LogP contribution in [0.25, 0.3) is 11.2 Å². The van der Waals surface area contributed by atoms with Gasteiger partial charge in [-0.05, 0) is 19.3 Å². The average Bonchev–Trinajstić information content (AvgIpc) is 3.35. The Hall–Kier alpha value is -2.30. The van der Waals surface area contributed by atoms with Gasteiger partial charge in [0.25, 0.3) is 0 Å². The number of anilines is 1. The van der Waals surface area contributed by atoms with E-state index >= 15 is 0 Å². The lowest BCUT2D eigenvalue weighted by Crippen LogP contribution is -2.64. The predicted octanol–water partition coefficient (Wildman–Crippen LogP) is 4.05. The molecule has 1 amide bonds. The molecule has 5 unspecified atom stereocenters. The van der Waals surface area contributed by atoms with Gasteiger partial charge in [-0.1, -0.05) is 78.1 Å². The minimum atomic E-state index is -1.26. The molecule has 0 saturated carbocycles. The summed E-state index contributed by atoms with van der Waals surface area (Å²) < 4.78 is 5.90. The van der Waals surface area contributed by atoms with Gasteiger partial charge in [0.15, 0.2) is 17.7 Å². The molecule has 3 heterocycles. The molecule has 5 atom stereocenters. The summed E-state index contributed by atoms with van der Waals surface area (Å²) in [5.41, 5.74) is 1.06. The zero-order valence-electron chi connectivity index (χ0n) is 22.7. The molecule has 2 aromatic rings. The van der Waals surface area contributed by atoms with Crippen LogP contribution in [0, 0.1) is 5.92 Å². The summed E-state index contributed by atoms with van der Waals surface area (Å²) in [5, 5.41) is 27.3. The molecule has 0 spiro atoms. The molecule has 37 heavy (non-hydrogen) atoms. The molecule has 1 aliphatic heterocycles. The lowest BCUT2D eigenvalue weighted by molar-refractivity contribution is -0.172. The van der Waals surface area contributed by atoms with Crippen molar-refractivity contribution in [2.45, 2.75) is 128 Å². The third kappa shape index (κ3) is 9.19. The van der Waals surface area contributed by atoms with Crippen molar-refractivity contribution in [1.29, 1.82) is 0 Å². The number of nitrogens with zero attached hydrogens (tertiary/aromatic N) is 3. The van der Waals surface area contributed by atoms with E-state index in [2.05, 4.69) is 44.4 Å². The van der Waals surface area contributed by atoms with Crippen LogP contribution in [0.15, 0.2) is 12.7 Å². The van der Waals surface area contributed by atoms with Crippen LogP contribution in [0.2, 0.25) is 0 Å². The van der Waals surface area contributed by atoms with Gasteiger partial charge in [0.05, 0.1) is 18.5 Å². The maximum atomic E-state index is 12.5. The summed E-state index contributed by atoms with van der Waals surface area (Å²) >= 11 is 0. The van der Waals surface area contributed by atoms with Crippen molar-refractivity contribution in [2.75, 3.05) is 5.32 Å². The lowest BCUT2D eigenvalue weighted by Gasteiger charge is -2.42. The summed E-state index contributed by atoms with van der Waals surface area (Å²) in [6.07, 6.45) is 12.9. The van der Waals surface area contributed by atoms with Crippen LogP contribution in [-0.4, -0.2) is 66.6 Å². The first-order chi connectivity index (χ1) is 17.9. The van der Waals surface area contributed by atoms with Gasteiger partial charge in [-0.25, -0.2) is 15.0 Å². The Balaban J connectivity index is 1.29. The molecule has 2 aromatic heterocycles. The Morgan fingerprint density at radius 2 is 1.62 bits per heavy atom. The minimum absolute atomic E-state index is 0.130. The average molecular weight is 519 g/mol. The number of amides is 1. The number of imidazole rings is 1. The van der Waals surface area contributed by atoms with E-state index in [0.717, 1.165) is 25.2 Å².